The summed E-state index contributed by atoms with van der Waals surface area (Å²) in [6.07, 6.45) is 5.03. The number of fused-ring (bicyclic) bond motifs is 1. The molecule has 0 aromatic rings. The zero-order valence-corrected chi connectivity index (χ0v) is 9.47. The van der Waals surface area contributed by atoms with Crippen LogP contribution in [0.25, 0.3) is 0 Å². The Balaban J connectivity index is 1.99. The summed E-state index contributed by atoms with van der Waals surface area (Å²) in [6, 6.07) is 0.789. The predicted octanol–water partition coefficient (Wildman–Crippen LogP) is 2.13. The van der Waals surface area contributed by atoms with E-state index in [0.29, 0.717) is 11.8 Å². The van der Waals surface area contributed by atoms with Gasteiger partial charge in [0.05, 0.1) is 6.04 Å². The molecule has 2 fully saturated rings. The highest BCUT2D eigenvalue weighted by Crippen LogP contribution is 2.36. The molecule has 2 aliphatic rings. The number of ketones is 1. The summed E-state index contributed by atoms with van der Waals surface area (Å²) in [5, 5.41) is 3.51. The van der Waals surface area contributed by atoms with Crippen molar-refractivity contribution in [1.82, 2.24) is 5.32 Å². The van der Waals surface area contributed by atoms with E-state index in [4.69, 9.17) is 0 Å². The van der Waals surface area contributed by atoms with E-state index in [9.17, 15) is 4.79 Å². The molecule has 80 valence electrons. The summed E-state index contributed by atoms with van der Waals surface area (Å²) in [4.78, 5) is 12.0. The smallest absolute Gasteiger partial charge is 0.155 e. The molecule has 14 heavy (non-hydrogen) atoms. The van der Waals surface area contributed by atoms with Gasteiger partial charge in [-0.05, 0) is 25.2 Å². The number of nitrogens with one attached hydrogen (secondary N) is 1. The van der Waals surface area contributed by atoms with E-state index in [-0.39, 0.29) is 11.5 Å². The summed E-state index contributed by atoms with van der Waals surface area (Å²) >= 11 is 0. The average molecular weight is 195 g/mol. The Morgan fingerprint density at radius 3 is 2.57 bits per heavy atom. The molecule has 1 N–H and O–H groups in total. The maximum absolute atomic E-state index is 12.0. The fourth-order valence-electron chi connectivity index (χ4n) is 2.87. The number of Topliss-reactive ketones (excluding diaryl/α,β-unsaturated/α-hetero) is 1. The lowest BCUT2D eigenvalue weighted by Crippen LogP contribution is -2.41. The van der Waals surface area contributed by atoms with Crippen molar-refractivity contribution in [3.05, 3.63) is 0 Å². The first-order chi connectivity index (χ1) is 6.48. The van der Waals surface area contributed by atoms with E-state index in [1.165, 1.54) is 19.3 Å². The third kappa shape index (κ3) is 1.72. The molecule has 0 bridgehead atoms. The quantitative estimate of drug-likeness (QED) is 0.694. The van der Waals surface area contributed by atoms with Crippen LogP contribution in [0.3, 0.4) is 0 Å². The van der Waals surface area contributed by atoms with Gasteiger partial charge in [0.25, 0.3) is 0 Å². The zero-order chi connectivity index (χ0) is 10.3. The van der Waals surface area contributed by atoms with Crippen molar-refractivity contribution in [2.24, 2.45) is 11.3 Å². The fourth-order valence-corrected chi connectivity index (χ4v) is 2.87. The van der Waals surface area contributed by atoms with Gasteiger partial charge in [0.15, 0.2) is 5.78 Å². The molecule has 1 saturated heterocycles. The third-order valence-corrected chi connectivity index (χ3v) is 3.67. The number of hydrogen-bond donors (Lipinski definition) is 1. The van der Waals surface area contributed by atoms with Gasteiger partial charge < -0.3 is 5.32 Å². The van der Waals surface area contributed by atoms with E-state index in [0.717, 1.165) is 12.3 Å². The maximum atomic E-state index is 12.0. The lowest BCUT2D eigenvalue weighted by molar-refractivity contribution is -0.128. The van der Waals surface area contributed by atoms with Gasteiger partial charge in [0.1, 0.15) is 0 Å². The molecule has 2 rings (SSSR count). The van der Waals surface area contributed by atoms with Crippen molar-refractivity contribution in [2.45, 2.75) is 58.5 Å². The van der Waals surface area contributed by atoms with Crippen LogP contribution in [0.15, 0.2) is 0 Å². The number of carbonyl (C=O) groups excluding carboxylic acids is 1. The van der Waals surface area contributed by atoms with Crippen molar-refractivity contribution in [2.75, 3.05) is 0 Å². The molecule has 1 saturated carbocycles. The van der Waals surface area contributed by atoms with Gasteiger partial charge in [-0.25, -0.2) is 0 Å². The SMILES string of the molecule is CC(C)(C)C(=O)C1CC2CCCC2N1. The van der Waals surface area contributed by atoms with Crippen LogP contribution >= 0.6 is 0 Å². The molecule has 0 aromatic carbocycles. The standard InChI is InChI=1S/C12H21NO/c1-12(2,3)11(14)10-7-8-5-4-6-9(8)13-10/h8-10,13H,4-7H2,1-3H3. The average Bonchev–Trinajstić information content (AvgIpc) is 2.58. The molecule has 1 aliphatic carbocycles. The van der Waals surface area contributed by atoms with Gasteiger partial charge in [-0.15, -0.1) is 0 Å². The van der Waals surface area contributed by atoms with Gasteiger partial charge in [-0.2, -0.15) is 0 Å². The Morgan fingerprint density at radius 1 is 1.29 bits per heavy atom. The lowest BCUT2D eigenvalue weighted by Gasteiger charge is -2.22. The first kappa shape index (κ1) is 10.2. The van der Waals surface area contributed by atoms with Crippen LogP contribution in [-0.2, 0) is 4.79 Å². The van der Waals surface area contributed by atoms with Crippen LogP contribution in [0.1, 0.15) is 46.5 Å². The van der Waals surface area contributed by atoms with E-state index in [2.05, 4.69) is 5.32 Å². The highest BCUT2D eigenvalue weighted by atomic mass is 16.1. The second kappa shape index (κ2) is 3.34. The minimum Gasteiger partial charge on any atom is -0.304 e. The molecule has 0 amide bonds. The van der Waals surface area contributed by atoms with Crippen molar-refractivity contribution in [1.29, 1.82) is 0 Å². The van der Waals surface area contributed by atoms with Crippen LogP contribution < -0.4 is 5.32 Å². The fraction of sp³-hybridized carbons (Fsp3) is 0.917. The molecule has 2 heteroatoms. The second-order valence-electron chi connectivity index (χ2n) is 5.87. The van der Waals surface area contributed by atoms with Crippen molar-refractivity contribution in [3.63, 3.8) is 0 Å². The minimum atomic E-state index is -0.184. The first-order valence-electron chi connectivity index (χ1n) is 5.79. The maximum Gasteiger partial charge on any atom is 0.155 e. The second-order valence-corrected chi connectivity index (χ2v) is 5.87. The Labute approximate surface area is 86.5 Å². The predicted molar refractivity (Wildman–Crippen MR) is 57.1 cm³/mol. The molecule has 0 spiro atoms. The highest BCUT2D eigenvalue weighted by Gasteiger charge is 2.42. The molecule has 1 heterocycles. The van der Waals surface area contributed by atoms with E-state index in [1.54, 1.807) is 0 Å². The van der Waals surface area contributed by atoms with Crippen LogP contribution in [0.2, 0.25) is 0 Å². The van der Waals surface area contributed by atoms with Gasteiger partial charge in [-0.1, -0.05) is 27.2 Å². The molecular formula is C12H21NO. The Bertz CT molecular complexity index is 229. The normalized spacial score (nSPS) is 37.2. The van der Waals surface area contributed by atoms with Crippen molar-refractivity contribution in [3.8, 4) is 0 Å². The van der Waals surface area contributed by atoms with Gasteiger partial charge in [0.2, 0.25) is 0 Å². The van der Waals surface area contributed by atoms with Crippen LogP contribution in [0.5, 0.6) is 0 Å². The van der Waals surface area contributed by atoms with Gasteiger partial charge >= 0.3 is 0 Å². The summed E-state index contributed by atoms with van der Waals surface area (Å²) < 4.78 is 0. The zero-order valence-electron chi connectivity index (χ0n) is 9.47. The first-order valence-corrected chi connectivity index (χ1v) is 5.79. The van der Waals surface area contributed by atoms with E-state index in [1.807, 2.05) is 20.8 Å². The van der Waals surface area contributed by atoms with Crippen LogP contribution in [0.4, 0.5) is 0 Å². The Hall–Kier alpha value is -0.370. The molecule has 0 radical (unpaired) electrons. The highest BCUT2D eigenvalue weighted by molar-refractivity contribution is 5.89. The Kier molecular flexibility index (Phi) is 2.42. The molecule has 0 aromatic heterocycles. The van der Waals surface area contributed by atoms with Gasteiger partial charge in [-0.3, -0.25) is 4.79 Å². The van der Waals surface area contributed by atoms with Gasteiger partial charge in [0, 0.05) is 11.5 Å². The number of hydrogen-bond acceptors (Lipinski definition) is 2. The summed E-state index contributed by atoms with van der Waals surface area (Å²) in [7, 11) is 0. The molecule has 2 nitrogen and oxygen atoms in total. The summed E-state index contributed by atoms with van der Waals surface area (Å²) in [5.74, 6) is 1.18. The Morgan fingerprint density at radius 2 is 2.00 bits per heavy atom. The van der Waals surface area contributed by atoms with Crippen molar-refractivity contribution < 1.29 is 4.79 Å². The van der Waals surface area contributed by atoms with E-state index >= 15 is 0 Å². The largest absolute Gasteiger partial charge is 0.304 e. The molecule has 3 atom stereocenters. The number of rotatable bonds is 1. The summed E-state index contributed by atoms with van der Waals surface area (Å²) in [5.41, 5.74) is -0.184. The van der Waals surface area contributed by atoms with Crippen molar-refractivity contribution >= 4 is 5.78 Å². The van der Waals surface area contributed by atoms with Crippen LogP contribution in [-0.4, -0.2) is 17.9 Å². The lowest BCUT2D eigenvalue weighted by atomic mass is 9.85. The monoisotopic (exact) mass is 195 g/mol. The third-order valence-electron chi connectivity index (χ3n) is 3.67. The number of carbonyl (C=O) groups is 1. The summed E-state index contributed by atoms with van der Waals surface area (Å²) in [6.45, 7) is 6.06. The molecule has 3 unspecified atom stereocenters. The minimum absolute atomic E-state index is 0.144. The molecular weight excluding hydrogens is 174 g/mol. The molecule has 1 aliphatic heterocycles. The van der Waals surface area contributed by atoms with E-state index < -0.39 is 0 Å². The van der Waals surface area contributed by atoms with Crippen LogP contribution in [0, 0.1) is 11.3 Å². The topological polar surface area (TPSA) is 29.1 Å².